The van der Waals surface area contributed by atoms with Gasteiger partial charge in [0.25, 0.3) is 0 Å². The maximum Gasteiger partial charge on any atom is 0.234 e. The van der Waals surface area contributed by atoms with Crippen molar-refractivity contribution >= 4 is 17.7 Å². The minimum atomic E-state index is -0.793. The van der Waals surface area contributed by atoms with Gasteiger partial charge in [0.2, 0.25) is 11.1 Å². The zero-order chi connectivity index (χ0) is 19.4. The van der Waals surface area contributed by atoms with Gasteiger partial charge in [-0.1, -0.05) is 43.2 Å². The van der Waals surface area contributed by atoms with Gasteiger partial charge in [-0.15, -0.1) is 10.2 Å². The number of amides is 1. The number of hydrogen-bond acceptors (Lipinski definition) is 6. The monoisotopic (exact) mass is 388 g/mol. The Bertz CT molecular complexity index is 871. The SMILES string of the molecule is C[C@H](Sc1nnc(-c2ccccc2F)n1N)C(=O)NC1(C#N)CCCCC1. The first-order valence-electron chi connectivity index (χ1n) is 8.81. The molecule has 1 saturated carbocycles. The van der Waals surface area contributed by atoms with E-state index in [4.69, 9.17) is 5.84 Å². The van der Waals surface area contributed by atoms with Crippen LogP contribution in [0.4, 0.5) is 4.39 Å². The van der Waals surface area contributed by atoms with Crippen molar-refractivity contribution in [3.05, 3.63) is 30.1 Å². The van der Waals surface area contributed by atoms with Gasteiger partial charge in [-0.2, -0.15) is 5.26 Å². The Morgan fingerprint density at radius 1 is 1.37 bits per heavy atom. The molecule has 2 aromatic rings. The van der Waals surface area contributed by atoms with Crippen LogP contribution in [0.3, 0.4) is 0 Å². The number of carbonyl (C=O) groups is 1. The lowest BCUT2D eigenvalue weighted by Crippen LogP contribution is -2.51. The number of aromatic nitrogens is 3. The fourth-order valence-electron chi connectivity index (χ4n) is 3.15. The Morgan fingerprint density at radius 3 is 2.74 bits per heavy atom. The van der Waals surface area contributed by atoms with Gasteiger partial charge in [-0.25, -0.2) is 9.07 Å². The molecule has 1 atom stereocenters. The van der Waals surface area contributed by atoms with Gasteiger partial charge >= 0.3 is 0 Å². The van der Waals surface area contributed by atoms with Crippen LogP contribution in [0.1, 0.15) is 39.0 Å². The highest BCUT2D eigenvalue weighted by Gasteiger charge is 2.35. The number of carbonyl (C=O) groups excluding carboxylic acids is 1. The molecule has 0 aliphatic heterocycles. The van der Waals surface area contributed by atoms with E-state index in [1.165, 1.54) is 10.7 Å². The molecule has 1 aliphatic rings. The molecule has 0 saturated heterocycles. The van der Waals surface area contributed by atoms with Crippen LogP contribution in [0.5, 0.6) is 0 Å². The van der Waals surface area contributed by atoms with Crippen LogP contribution in [-0.2, 0) is 4.79 Å². The summed E-state index contributed by atoms with van der Waals surface area (Å²) in [5.74, 6) is 5.49. The van der Waals surface area contributed by atoms with E-state index in [-0.39, 0.29) is 17.3 Å². The summed E-state index contributed by atoms with van der Waals surface area (Å²) in [6, 6.07) is 8.41. The Kier molecular flexibility index (Phi) is 5.65. The van der Waals surface area contributed by atoms with Crippen molar-refractivity contribution in [1.29, 1.82) is 5.26 Å². The van der Waals surface area contributed by atoms with Crippen LogP contribution >= 0.6 is 11.8 Å². The van der Waals surface area contributed by atoms with E-state index in [9.17, 15) is 14.4 Å². The van der Waals surface area contributed by atoms with Gasteiger partial charge in [0, 0.05) is 0 Å². The number of thioether (sulfide) groups is 1. The molecule has 0 bridgehead atoms. The van der Waals surface area contributed by atoms with Crippen LogP contribution in [0.2, 0.25) is 0 Å². The highest BCUT2D eigenvalue weighted by Crippen LogP contribution is 2.30. The largest absolute Gasteiger partial charge is 0.337 e. The molecule has 1 aromatic carbocycles. The minimum absolute atomic E-state index is 0.184. The summed E-state index contributed by atoms with van der Waals surface area (Å²) >= 11 is 1.12. The molecule has 0 radical (unpaired) electrons. The normalized spacial score (nSPS) is 17.1. The first-order valence-corrected chi connectivity index (χ1v) is 9.69. The minimum Gasteiger partial charge on any atom is -0.337 e. The molecular weight excluding hydrogens is 367 g/mol. The third-order valence-corrected chi connectivity index (χ3v) is 5.77. The summed E-state index contributed by atoms with van der Waals surface area (Å²) in [5, 5.41) is 20.1. The molecule has 1 aliphatic carbocycles. The third kappa shape index (κ3) is 4.06. The number of rotatable bonds is 5. The van der Waals surface area contributed by atoms with E-state index < -0.39 is 16.6 Å². The molecule has 9 heteroatoms. The van der Waals surface area contributed by atoms with Crippen LogP contribution < -0.4 is 11.2 Å². The van der Waals surface area contributed by atoms with Crippen LogP contribution in [0, 0.1) is 17.1 Å². The second kappa shape index (κ2) is 7.96. The standard InChI is InChI=1S/C18H21FN6OS/c1-12(16(26)22-18(11-20)9-5-2-6-10-18)27-17-24-23-15(25(17)21)13-7-3-4-8-14(13)19/h3-4,7-8,12H,2,5-6,9-10,21H2,1H3,(H,22,26)/t12-/m0/s1. The van der Waals surface area contributed by atoms with Crippen molar-refractivity contribution < 1.29 is 9.18 Å². The van der Waals surface area contributed by atoms with Crippen LogP contribution in [0.25, 0.3) is 11.4 Å². The summed E-state index contributed by atoms with van der Waals surface area (Å²) in [4.78, 5) is 12.6. The third-order valence-electron chi connectivity index (χ3n) is 4.71. The Labute approximate surface area is 161 Å². The van der Waals surface area contributed by atoms with Gasteiger partial charge in [-0.3, -0.25) is 4.79 Å². The maximum atomic E-state index is 14.0. The summed E-state index contributed by atoms with van der Waals surface area (Å²) in [6.07, 6.45) is 4.27. The summed E-state index contributed by atoms with van der Waals surface area (Å²) < 4.78 is 15.1. The summed E-state index contributed by atoms with van der Waals surface area (Å²) in [5.41, 5.74) is -0.555. The average molecular weight is 388 g/mol. The van der Waals surface area contributed by atoms with E-state index >= 15 is 0 Å². The average Bonchev–Trinajstić information content (AvgIpc) is 3.03. The van der Waals surface area contributed by atoms with Gasteiger partial charge in [-0.05, 0) is 31.9 Å². The maximum absolute atomic E-state index is 14.0. The predicted molar refractivity (Wildman–Crippen MR) is 100 cm³/mol. The smallest absolute Gasteiger partial charge is 0.234 e. The summed E-state index contributed by atoms with van der Waals surface area (Å²) in [6.45, 7) is 1.71. The fourth-order valence-corrected chi connectivity index (χ4v) is 3.92. The number of nitriles is 1. The number of nitrogens with two attached hydrogens (primary N) is 1. The molecule has 27 heavy (non-hydrogen) atoms. The van der Waals surface area contributed by atoms with Crippen molar-refractivity contribution in [1.82, 2.24) is 20.2 Å². The van der Waals surface area contributed by atoms with E-state index in [0.29, 0.717) is 18.0 Å². The molecule has 1 aromatic heterocycles. The molecule has 3 rings (SSSR count). The number of nitrogens with one attached hydrogen (secondary N) is 1. The molecule has 1 heterocycles. The van der Waals surface area contributed by atoms with E-state index in [0.717, 1.165) is 31.0 Å². The van der Waals surface area contributed by atoms with Crippen molar-refractivity contribution in [3.63, 3.8) is 0 Å². The van der Waals surface area contributed by atoms with Crippen LogP contribution in [-0.4, -0.2) is 31.6 Å². The number of nitrogens with zero attached hydrogens (tertiary/aromatic N) is 4. The van der Waals surface area contributed by atoms with Crippen molar-refractivity contribution in [2.45, 2.75) is 55.0 Å². The molecule has 142 valence electrons. The quantitative estimate of drug-likeness (QED) is 0.602. The Hall–Kier alpha value is -2.60. The van der Waals surface area contributed by atoms with E-state index in [1.807, 2.05) is 0 Å². The molecule has 0 spiro atoms. The van der Waals surface area contributed by atoms with Gasteiger partial charge in [0.1, 0.15) is 11.4 Å². The second-order valence-electron chi connectivity index (χ2n) is 6.66. The number of halogens is 1. The second-order valence-corrected chi connectivity index (χ2v) is 7.97. The summed E-state index contributed by atoms with van der Waals surface area (Å²) in [7, 11) is 0. The van der Waals surface area contributed by atoms with Crippen molar-refractivity contribution in [3.8, 4) is 17.5 Å². The number of benzene rings is 1. The zero-order valence-electron chi connectivity index (χ0n) is 15.0. The molecule has 1 fully saturated rings. The fraction of sp³-hybridized carbons (Fsp3) is 0.444. The van der Waals surface area contributed by atoms with Gasteiger partial charge in [0.05, 0.1) is 16.9 Å². The molecule has 3 N–H and O–H groups in total. The number of hydrogen-bond donors (Lipinski definition) is 2. The van der Waals surface area contributed by atoms with Crippen LogP contribution in [0.15, 0.2) is 29.4 Å². The Balaban J connectivity index is 1.71. The van der Waals surface area contributed by atoms with Gasteiger partial charge in [0.15, 0.2) is 5.82 Å². The van der Waals surface area contributed by atoms with E-state index in [2.05, 4.69) is 21.6 Å². The lowest BCUT2D eigenvalue weighted by molar-refractivity contribution is -0.121. The van der Waals surface area contributed by atoms with Crippen molar-refractivity contribution in [2.24, 2.45) is 0 Å². The molecule has 1 amide bonds. The lowest BCUT2D eigenvalue weighted by Gasteiger charge is -2.32. The lowest BCUT2D eigenvalue weighted by atomic mass is 9.83. The molecule has 7 nitrogen and oxygen atoms in total. The molecule has 0 unspecified atom stereocenters. The zero-order valence-corrected chi connectivity index (χ0v) is 15.8. The van der Waals surface area contributed by atoms with Gasteiger partial charge < -0.3 is 11.2 Å². The number of nitrogen functional groups attached to an aromatic ring is 1. The highest BCUT2D eigenvalue weighted by molar-refractivity contribution is 8.00. The van der Waals surface area contributed by atoms with E-state index in [1.54, 1.807) is 25.1 Å². The van der Waals surface area contributed by atoms with Crippen molar-refractivity contribution in [2.75, 3.05) is 5.84 Å². The highest BCUT2D eigenvalue weighted by atomic mass is 32.2. The first kappa shape index (κ1) is 19.2. The first-order chi connectivity index (χ1) is 13.0. The topological polar surface area (TPSA) is 110 Å². The molecular formula is C18H21FN6OS. The Morgan fingerprint density at radius 2 is 2.07 bits per heavy atom. The predicted octanol–water partition coefficient (Wildman–Crippen LogP) is 2.62.